The van der Waals surface area contributed by atoms with Gasteiger partial charge in [0.05, 0.1) is 17.8 Å². The van der Waals surface area contributed by atoms with Crippen LogP contribution in [0.3, 0.4) is 0 Å². The van der Waals surface area contributed by atoms with Crippen molar-refractivity contribution in [3.05, 3.63) is 12.7 Å². The fourth-order valence-corrected chi connectivity index (χ4v) is 6.78. The Morgan fingerprint density at radius 2 is 1.90 bits per heavy atom. The number of carbonyl (C=O) groups excluding carboxylic acids is 2. The number of amides is 1. The molecule has 0 spiro atoms. The summed E-state index contributed by atoms with van der Waals surface area (Å²) in [6.45, 7) is 14.4. The summed E-state index contributed by atoms with van der Waals surface area (Å²) in [5.74, 6) is -1.26. The highest BCUT2D eigenvalue weighted by Crippen LogP contribution is 2.66. The molecule has 8 nitrogen and oxygen atoms in total. The van der Waals surface area contributed by atoms with Crippen molar-refractivity contribution in [2.45, 2.75) is 95.9 Å². The minimum Gasteiger partial charge on any atom is -0.440 e. The zero-order chi connectivity index (χ0) is 23.6. The Morgan fingerprint density at radius 3 is 2.45 bits per heavy atom. The van der Waals surface area contributed by atoms with E-state index in [4.69, 9.17) is 9.47 Å². The molecule has 1 saturated heterocycles. The van der Waals surface area contributed by atoms with E-state index in [2.05, 4.69) is 11.9 Å². The van der Waals surface area contributed by atoms with Gasteiger partial charge in [0.15, 0.2) is 17.5 Å². The third-order valence-corrected chi connectivity index (χ3v) is 8.28. The van der Waals surface area contributed by atoms with Crippen molar-refractivity contribution in [1.82, 2.24) is 5.32 Å². The molecule has 1 amide bonds. The van der Waals surface area contributed by atoms with E-state index in [1.807, 2.05) is 13.8 Å². The number of nitrogens with one attached hydrogen (secondary N) is 1. The number of aliphatic hydroxyl groups is 3. The molecule has 2 saturated carbocycles. The molecule has 8 heteroatoms. The normalized spacial score (nSPS) is 48.9. The van der Waals surface area contributed by atoms with Gasteiger partial charge in [-0.15, -0.1) is 6.58 Å². The molecular weight excluding hydrogens is 402 g/mol. The average Bonchev–Trinajstić information content (AvgIpc) is 2.66. The summed E-state index contributed by atoms with van der Waals surface area (Å²) in [6, 6.07) is 0. The van der Waals surface area contributed by atoms with Crippen molar-refractivity contribution in [2.75, 3.05) is 6.54 Å². The first-order chi connectivity index (χ1) is 14.1. The van der Waals surface area contributed by atoms with Gasteiger partial charge in [0.2, 0.25) is 0 Å². The van der Waals surface area contributed by atoms with E-state index in [1.165, 1.54) is 13.0 Å². The highest BCUT2D eigenvalue weighted by atomic mass is 16.6. The van der Waals surface area contributed by atoms with Crippen molar-refractivity contribution < 1.29 is 34.4 Å². The Bertz CT molecular complexity index is 784. The first-order valence-corrected chi connectivity index (χ1v) is 11.0. The quantitative estimate of drug-likeness (QED) is 0.493. The molecule has 1 heterocycles. The van der Waals surface area contributed by atoms with Crippen molar-refractivity contribution >= 4 is 11.9 Å². The summed E-state index contributed by atoms with van der Waals surface area (Å²) in [6.07, 6.45) is -2.23. The number of ketones is 1. The van der Waals surface area contributed by atoms with Crippen molar-refractivity contribution in [2.24, 2.45) is 16.7 Å². The van der Waals surface area contributed by atoms with Gasteiger partial charge < -0.3 is 30.1 Å². The lowest BCUT2D eigenvalue weighted by atomic mass is 9.40. The van der Waals surface area contributed by atoms with Crippen LogP contribution >= 0.6 is 0 Å². The number of aliphatic hydroxyl groups excluding tert-OH is 2. The molecule has 0 unspecified atom stereocenters. The van der Waals surface area contributed by atoms with Gasteiger partial charge in [0.25, 0.3) is 0 Å². The molecule has 8 atom stereocenters. The van der Waals surface area contributed by atoms with Gasteiger partial charge in [-0.05, 0) is 39.0 Å². The molecule has 176 valence electrons. The maximum atomic E-state index is 13.7. The van der Waals surface area contributed by atoms with Gasteiger partial charge in [-0.2, -0.15) is 0 Å². The number of ether oxygens (including phenoxy) is 2. The maximum Gasteiger partial charge on any atom is 0.407 e. The predicted octanol–water partition coefficient (Wildman–Crippen LogP) is 1.70. The third kappa shape index (κ3) is 3.02. The fourth-order valence-electron chi connectivity index (χ4n) is 6.78. The van der Waals surface area contributed by atoms with Crippen LogP contribution in [-0.4, -0.2) is 68.9 Å². The second kappa shape index (κ2) is 7.27. The molecule has 2 aliphatic carbocycles. The summed E-state index contributed by atoms with van der Waals surface area (Å²) >= 11 is 0. The SMILES string of the molecule is C=C[C@@]1(C)CC(=O)[C@]2(O)[C@@]3(C)[C@@H](O)CCC(C)(C)[C@@H]3[C@H](O)[C@H](OC(=O)NCC)[C@@]2(C)O1. The molecule has 0 aromatic rings. The van der Waals surface area contributed by atoms with Crippen LogP contribution in [0, 0.1) is 16.7 Å². The Balaban J connectivity index is 2.28. The van der Waals surface area contributed by atoms with Crippen LogP contribution in [0.1, 0.15) is 60.8 Å². The Labute approximate surface area is 184 Å². The average molecular weight is 440 g/mol. The van der Waals surface area contributed by atoms with Crippen LogP contribution in [0.15, 0.2) is 12.7 Å². The Kier molecular flexibility index (Phi) is 5.67. The highest BCUT2D eigenvalue weighted by molar-refractivity contribution is 5.92. The number of fused-ring (bicyclic) bond motifs is 3. The van der Waals surface area contributed by atoms with E-state index in [-0.39, 0.29) is 6.42 Å². The van der Waals surface area contributed by atoms with Gasteiger partial charge in [-0.25, -0.2) is 4.79 Å². The number of hydrogen-bond acceptors (Lipinski definition) is 7. The van der Waals surface area contributed by atoms with E-state index >= 15 is 0 Å². The van der Waals surface area contributed by atoms with Crippen molar-refractivity contribution in [1.29, 1.82) is 0 Å². The standard InChI is InChI=1S/C23H37NO7/c1-8-20(5)12-14(26)23(29)21(6)13(25)10-11-19(3,4)16(21)15(27)17(22(23,7)31-20)30-18(28)24-9-2/h8,13,15-17,25,27,29H,1,9-12H2,2-7H3,(H,24,28)/t13-,15-,16-,17-,20-,21-,22+,23-/m0/s1. The summed E-state index contributed by atoms with van der Waals surface area (Å²) < 4.78 is 12.0. The van der Waals surface area contributed by atoms with Gasteiger partial charge in [-0.1, -0.05) is 26.8 Å². The monoisotopic (exact) mass is 439 g/mol. The van der Waals surface area contributed by atoms with E-state index in [9.17, 15) is 24.9 Å². The second-order valence-corrected chi connectivity index (χ2v) is 10.7. The zero-order valence-electron chi connectivity index (χ0n) is 19.4. The van der Waals surface area contributed by atoms with E-state index in [1.54, 1.807) is 20.8 Å². The zero-order valence-corrected chi connectivity index (χ0v) is 19.4. The topological polar surface area (TPSA) is 125 Å². The lowest BCUT2D eigenvalue weighted by molar-refractivity contribution is -0.369. The molecule has 3 fully saturated rings. The summed E-state index contributed by atoms with van der Waals surface area (Å²) in [5, 5.41) is 37.5. The smallest absolute Gasteiger partial charge is 0.407 e. The maximum absolute atomic E-state index is 13.7. The molecule has 1 aliphatic heterocycles. The molecule has 0 bridgehead atoms. The number of carbonyl (C=O) groups is 2. The van der Waals surface area contributed by atoms with E-state index in [0.29, 0.717) is 19.4 Å². The largest absolute Gasteiger partial charge is 0.440 e. The van der Waals surface area contributed by atoms with Crippen molar-refractivity contribution in [3.8, 4) is 0 Å². The molecule has 3 aliphatic rings. The van der Waals surface area contributed by atoms with Crippen molar-refractivity contribution in [3.63, 3.8) is 0 Å². The van der Waals surface area contributed by atoms with Crippen LogP contribution in [0.5, 0.6) is 0 Å². The Morgan fingerprint density at radius 1 is 1.29 bits per heavy atom. The van der Waals surface area contributed by atoms with Crippen LogP contribution in [0.25, 0.3) is 0 Å². The first-order valence-electron chi connectivity index (χ1n) is 11.0. The van der Waals surface area contributed by atoms with Gasteiger partial charge in [0.1, 0.15) is 5.60 Å². The predicted molar refractivity (Wildman–Crippen MR) is 113 cm³/mol. The molecule has 0 aromatic heterocycles. The summed E-state index contributed by atoms with van der Waals surface area (Å²) in [7, 11) is 0. The third-order valence-electron chi connectivity index (χ3n) is 8.28. The van der Waals surface area contributed by atoms with Gasteiger partial charge in [-0.3, -0.25) is 4.79 Å². The highest BCUT2D eigenvalue weighted by Gasteiger charge is 2.81. The lowest BCUT2D eigenvalue weighted by Gasteiger charge is -2.71. The number of hydrogen-bond donors (Lipinski definition) is 4. The molecule has 4 N–H and O–H groups in total. The fraction of sp³-hybridized carbons (Fsp3) is 0.826. The number of alkyl carbamates (subject to hydrolysis) is 1. The van der Waals surface area contributed by atoms with Gasteiger partial charge >= 0.3 is 6.09 Å². The lowest BCUT2D eigenvalue weighted by Crippen LogP contribution is -2.86. The van der Waals surface area contributed by atoms with E-state index < -0.39 is 63.7 Å². The first kappa shape index (κ1) is 24.2. The van der Waals surface area contributed by atoms with Crippen LogP contribution in [0.4, 0.5) is 4.79 Å². The van der Waals surface area contributed by atoms with Gasteiger partial charge in [0, 0.05) is 24.3 Å². The minimum absolute atomic E-state index is 0.151. The summed E-state index contributed by atoms with van der Waals surface area (Å²) in [4.78, 5) is 26.1. The summed E-state index contributed by atoms with van der Waals surface area (Å²) in [5.41, 5.74) is -7.15. The van der Waals surface area contributed by atoms with E-state index in [0.717, 1.165) is 0 Å². The van der Waals surface area contributed by atoms with Crippen LogP contribution in [-0.2, 0) is 14.3 Å². The molecule has 0 aromatic carbocycles. The molecule has 0 radical (unpaired) electrons. The number of rotatable bonds is 3. The Hall–Kier alpha value is -1.48. The molecular formula is C23H37NO7. The van der Waals surface area contributed by atoms with Crippen LogP contribution in [0.2, 0.25) is 0 Å². The minimum atomic E-state index is -2.21. The van der Waals surface area contributed by atoms with Crippen LogP contribution < -0.4 is 5.32 Å². The molecule has 31 heavy (non-hydrogen) atoms. The number of Topliss-reactive ketones (excluding diaryl/α,β-unsaturated/α-hetero) is 1. The second-order valence-electron chi connectivity index (χ2n) is 10.7. The molecule has 3 rings (SSSR count).